The lowest BCUT2D eigenvalue weighted by Crippen LogP contribution is -2.36. The summed E-state index contributed by atoms with van der Waals surface area (Å²) >= 11 is 6.38. The molecule has 40 heavy (non-hydrogen) atoms. The van der Waals surface area contributed by atoms with Gasteiger partial charge < -0.3 is 10.2 Å². The zero-order chi connectivity index (χ0) is 28.4. The van der Waals surface area contributed by atoms with E-state index in [1.807, 2.05) is 42.5 Å². The van der Waals surface area contributed by atoms with Crippen LogP contribution in [0, 0.1) is 5.82 Å². The monoisotopic (exact) mass is 566 g/mol. The Morgan fingerprint density at radius 3 is 2.27 bits per heavy atom. The molecule has 0 unspecified atom stereocenters. The summed E-state index contributed by atoms with van der Waals surface area (Å²) in [5.74, 6) is -2.10. The van der Waals surface area contributed by atoms with E-state index in [1.165, 1.54) is 0 Å². The maximum Gasteiger partial charge on any atom is 0.419 e. The van der Waals surface area contributed by atoms with E-state index in [9.17, 15) is 27.2 Å². The molecule has 0 saturated heterocycles. The molecule has 4 nitrogen and oxygen atoms in total. The molecule has 2 amide bonds. The Hall–Kier alpha value is -4.17. The Morgan fingerprint density at radius 2 is 1.60 bits per heavy atom. The molecule has 5 rings (SSSR count). The minimum absolute atomic E-state index is 0.0963. The van der Waals surface area contributed by atoms with Crippen molar-refractivity contribution >= 4 is 29.1 Å². The molecule has 0 fully saturated rings. The molecule has 0 saturated carbocycles. The highest BCUT2D eigenvalue weighted by molar-refractivity contribution is 6.34. The van der Waals surface area contributed by atoms with Crippen LogP contribution in [0.2, 0.25) is 5.02 Å². The first kappa shape index (κ1) is 27.4. The molecule has 9 heteroatoms. The highest BCUT2D eigenvalue weighted by atomic mass is 35.5. The van der Waals surface area contributed by atoms with Crippen molar-refractivity contribution in [2.45, 2.75) is 25.6 Å². The highest BCUT2D eigenvalue weighted by Gasteiger charge is 2.34. The van der Waals surface area contributed by atoms with Gasteiger partial charge in [-0.2, -0.15) is 13.2 Å². The molecule has 0 radical (unpaired) electrons. The van der Waals surface area contributed by atoms with Crippen LogP contribution >= 0.6 is 11.6 Å². The number of carbonyl (C=O) groups excluding carboxylic acids is 2. The van der Waals surface area contributed by atoms with Crippen molar-refractivity contribution in [3.63, 3.8) is 0 Å². The fraction of sp³-hybridized carbons (Fsp3) is 0.161. The number of anilines is 1. The molecule has 4 aromatic carbocycles. The van der Waals surface area contributed by atoms with E-state index in [0.29, 0.717) is 47.9 Å². The van der Waals surface area contributed by atoms with Crippen LogP contribution in [0.1, 0.15) is 32.6 Å². The van der Waals surface area contributed by atoms with Crippen molar-refractivity contribution in [3.05, 3.63) is 124 Å². The number of benzene rings is 4. The van der Waals surface area contributed by atoms with Gasteiger partial charge in [0.2, 0.25) is 5.91 Å². The number of carbonyl (C=O) groups is 2. The van der Waals surface area contributed by atoms with Crippen LogP contribution in [0.15, 0.2) is 84.9 Å². The normalized spacial score (nSPS) is 13.1. The van der Waals surface area contributed by atoms with Gasteiger partial charge in [-0.05, 0) is 64.6 Å². The van der Waals surface area contributed by atoms with E-state index < -0.39 is 23.5 Å². The van der Waals surface area contributed by atoms with Gasteiger partial charge in [0, 0.05) is 18.7 Å². The van der Waals surface area contributed by atoms with Crippen LogP contribution in [-0.2, 0) is 30.4 Å². The standard InChI is InChI=1S/C31H23ClF4N2O2/c32-26-13-11-23-18-38(30(40)22-9-7-21(8-10-22)20-4-2-1-3-5-20)15-14-24(23)29(26)37-28(39)17-19-6-12-25(27(33)16-19)31(34,35)36/h1-13,16H,14-15,17-18H2,(H,37,39). The van der Waals surface area contributed by atoms with E-state index in [4.69, 9.17) is 11.6 Å². The van der Waals surface area contributed by atoms with Crippen molar-refractivity contribution in [2.75, 3.05) is 11.9 Å². The average Bonchev–Trinajstić information content (AvgIpc) is 2.94. The third kappa shape index (κ3) is 5.87. The van der Waals surface area contributed by atoms with E-state index >= 15 is 0 Å². The van der Waals surface area contributed by atoms with Gasteiger partial charge in [0.25, 0.3) is 5.91 Å². The summed E-state index contributed by atoms with van der Waals surface area (Å²) in [7, 11) is 0. The highest BCUT2D eigenvalue weighted by Crippen LogP contribution is 2.34. The van der Waals surface area contributed by atoms with E-state index in [2.05, 4.69) is 5.32 Å². The van der Waals surface area contributed by atoms with Crippen LogP contribution in [0.5, 0.6) is 0 Å². The Balaban J connectivity index is 1.28. The minimum Gasteiger partial charge on any atom is -0.334 e. The number of fused-ring (bicyclic) bond motifs is 1. The number of nitrogens with one attached hydrogen (secondary N) is 1. The zero-order valence-electron chi connectivity index (χ0n) is 21.1. The lowest BCUT2D eigenvalue weighted by atomic mass is 9.96. The fourth-order valence-corrected chi connectivity index (χ4v) is 5.05. The van der Waals surface area contributed by atoms with Gasteiger partial charge in [-0.15, -0.1) is 0 Å². The quantitative estimate of drug-likeness (QED) is 0.254. The topological polar surface area (TPSA) is 49.4 Å². The van der Waals surface area contributed by atoms with Gasteiger partial charge in [-0.3, -0.25) is 9.59 Å². The van der Waals surface area contributed by atoms with Gasteiger partial charge in [-0.25, -0.2) is 4.39 Å². The summed E-state index contributed by atoms with van der Waals surface area (Å²) in [5, 5.41) is 3.02. The zero-order valence-corrected chi connectivity index (χ0v) is 21.8. The van der Waals surface area contributed by atoms with Crippen LogP contribution in [0.3, 0.4) is 0 Å². The second-order valence-electron chi connectivity index (χ2n) is 9.52. The number of amides is 2. The molecule has 1 aliphatic rings. The maximum atomic E-state index is 13.9. The minimum atomic E-state index is -4.82. The lowest BCUT2D eigenvalue weighted by Gasteiger charge is -2.30. The van der Waals surface area contributed by atoms with Gasteiger partial charge in [-0.1, -0.05) is 66.2 Å². The van der Waals surface area contributed by atoms with Crippen molar-refractivity contribution in [2.24, 2.45) is 0 Å². The molecule has 0 spiro atoms. The molecule has 0 atom stereocenters. The van der Waals surface area contributed by atoms with E-state index in [0.717, 1.165) is 28.3 Å². The second-order valence-corrected chi connectivity index (χ2v) is 9.92. The summed E-state index contributed by atoms with van der Waals surface area (Å²) in [5.41, 5.74) is 3.33. The van der Waals surface area contributed by atoms with Crippen LogP contribution in [0.25, 0.3) is 11.1 Å². The molecule has 1 heterocycles. The van der Waals surface area contributed by atoms with Crippen LogP contribution in [-0.4, -0.2) is 23.3 Å². The van der Waals surface area contributed by atoms with Crippen LogP contribution < -0.4 is 5.32 Å². The molecule has 0 aliphatic carbocycles. The molecule has 204 valence electrons. The number of alkyl halides is 3. The SMILES string of the molecule is O=C(Cc1ccc(C(F)(F)F)c(F)c1)Nc1c(Cl)ccc2c1CCN(C(=O)c1ccc(-c3ccccc3)cc1)C2. The number of nitrogens with zero attached hydrogens (tertiary/aromatic N) is 1. The Labute approximate surface area is 233 Å². The summed E-state index contributed by atoms with van der Waals surface area (Å²) in [6.07, 6.45) is -4.71. The largest absolute Gasteiger partial charge is 0.419 e. The number of hydrogen-bond donors (Lipinski definition) is 1. The first-order chi connectivity index (χ1) is 19.1. The van der Waals surface area contributed by atoms with Crippen molar-refractivity contribution in [1.82, 2.24) is 4.90 Å². The van der Waals surface area contributed by atoms with Gasteiger partial charge >= 0.3 is 6.18 Å². The maximum absolute atomic E-state index is 13.9. The third-order valence-electron chi connectivity index (χ3n) is 6.85. The molecule has 0 aromatic heterocycles. The van der Waals surface area contributed by atoms with Gasteiger partial charge in [0.1, 0.15) is 5.82 Å². The Kier molecular flexibility index (Phi) is 7.63. The van der Waals surface area contributed by atoms with Crippen molar-refractivity contribution in [3.8, 4) is 11.1 Å². The van der Waals surface area contributed by atoms with Gasteiger partial charge in [0.05, 0.1) is 22.7 Å². The summed E-state index contributed by atoms with van der Waals surface area (Å²) in [6, 6.07) is 23.1. The molecule has 1 aliphatic heterocycles. The average molecular weight is 567 g/mol. The molecule has 0 bridgehead atoms. The number of hydrogen-bond acceptors (Lipinski definition) is 2. The third-order valence-corrected chi connectivity index (χ3v) is 7.16. The van der Waals surface area contributed by atoms with E-state index in [-0.39, 0.29) is 17.9 Å². The molecular formula is C31H23ClF4N2O2. The fourth-order valence-electron chi connectivity index (χ4n) is 4.82. The lowest BCUT2D eigenvalue weighted by molar-refractivity contribution is -0.140. The summed E-state index contributed by atoms with van der Waals surface area (Å²) in [6.45, 7) is 0.721. The van der Waals surface area contributed by atoms with Crippen molar-refractivity contribution < 1.29 is 27.2 Å². The molecule has 4 aromatic rings. The predicted octanol–water partition coefficient (Wildman–Crippen LogP) is 7.54. The van der Waals surface area contributed by atoms with E-state index in [1.54, 1.807) is 29.2 Å². The first-order valence-corrected chi connectivity index (χ1v) is 12.9. The molecular weight excluding hydrogens is 544 g/mol. The summed E-state index contributed by atoms with van der Waals surface area (Å²) in [4.78, 5) is 27.7. The number of rotatable bonds is 5. The van der Waals surface area contributed by atoms with Gasteiger partial charge in [0.15, 0.2) is 0 Å². The second kappa shape index (κ2) is 11.1. The Bertz CT molecular complexity index is 1570. The number of halogens is 5. The van der Waals surface area contributed by atoms with Crippen molar-refractivity contribution in [1.29, 1.82) is 0 Å². The first-order valence-electron chi connectivity index (χ1n) is 12.5. The smallest absolute Gasteiger partial charge is 0.334 e. The molecule has 1 N–H and O–H groups in total. The van der Waals surface area contributed by atoms with Crippen LogP contribution in [0.4, 0.5) is 23.2 Å². The summed E-state index contributed by atoms with van der Waals surface area (Å²) < 4.78 is 52.4. The Morgan fingerprint density at radius 1 is 0.900 bits per heavy atom. The predicted molar refractivity (Wildman–Crippen MR) is 146 cm³/mol.